The minimum Gasteiger partial charge on any atom is -0.444 e. The third-order valence-corrected chi connectivity index (χ3v) is 4.61. The Kier molecular flexibility index (Phi) is 6.50. The molecule has 0 aromatic heterocycles. The summed E-state index contributed by atoms with van der Waals surface area (Å²) in [5.41, 5.74) is -0.281. The first kappa shape index (κ1) is 20.5. The Morgan fingerprint density at radius 3 is 2.69 bits per heavy atom. The maximum Gasteiger partial charge on any atom is 0.410 e. The highest BCUT2D eigenvalue weighted by Crippen LogP contribution is 2.24. The molecular weight excluding hydrogens is 359 g/mol. The van der Waals surface area contributed by atoms with Crippen molar-refractivity contribution < 1.29 is 18.7 Å². The monoisotopic (exact) mass is 384 g/mol. The van der Waals surface area contributed by atoms with E-state index >= 15 is 0 Å². The quantitative estimate of drug-likeness (QED) is 0.788. The summed E-state index contributed by atoms with van der Waals surface area (Å²) in [5.74, 6) is -0.888. The first-order valence-electron chi connectivity index (χ1n) is 8.74. The molecule has 1 fully saturated rings. The second-order valence-corrected chi connectivity index (χ2v) is 8.07. The van der Waals surface area contributed by atoms with Crippen molar-refractivity contribution in [3.05, 3.63) is 34.6 Å². The highest BCUT2D eigenvalue weighted by Gasteiger charge is 2.32. The van der Waals surface area contributed by atoms with Gasteiger partial charge in [0.15, 0.2) is 0 Å². The topological polar surface area (TPSA) is 49.9 Å². The van der Waals surface area contributed by atoms with Gasteiger partial charge in [0.1, 0.15) is 11.4 Å². The molecule has 1 aliphatic rings. The predicted octanol–water partition coefficient (Wildman–Crippen LogP) is 4.08. The number of hydrogen-bond acceptors (Lipinski definition) is 3. The second-order valence-electron chi connectivity index (χ2n) is 7.66. The van der Waals surface area contributed by atoms with Gasteiger partial charge in [0.2, 0.25) is 5.91 Å². The zero-order valence-electron chi connectivity index (χ0n) is 15.7. The van der Waals surface area contributed by atoms with E-state index in [1.54, 1.807) is 18.0 Å². The van der Waals surface area contributed by atoms with Crippen LogP contribution in [0.3, 0.4) is 0 Å². The van der Waals surface area contributed by atoms with Crippen LogP contribution in [0.4, 0.5) is 9.18 Å². The molecule has 1 heterocycles. The summed E-state index contributed by atoms with van der Waals surface area (Å²) < 4.78 is 19.3. The average molecular weight is 385 g/mol. The number of piperidine rings is 1. The Balaban J connectivity index is 2.01. The average Bonchev–Trinajstić information content (AvgIpc) is 2.56. The minimum atomic E-state index is -0.577. The number of ether oxygens (including phenoxy) is 1. The van der Waals surface area contributed by atoms with Gasteiger partial charge in [-0.3, -0.25) is 4.79 Å². The van der Waals surface area contributed by atoms with Crippen molar-refractivity contribution in [2.45, 2.75) is 45.8 Å². The highest BCUT2D eigenvalue weighted by molar-refractivity contribution is 6.31. The molecule has 1 aromatic carbocycles. The molecule has 1 saturated heterocycles. The lowest BCUT2D eigenvalue weighted by molar-refractivity contribution is -0.136. The van der Waals surface area contributed by atoms with Crippen LogP contribution in [0.15, 0.2) is 18.2 Å². The summed E-state index contributed by atoms with van der Waals surface area (Å²) in [4.78, 5) is 28.0. The number of nitrogens with zero attached hydrogens (tertiary/aromatic N) is 2. The summed E-state index contributed by atoms with van der Waals surface area (Å²) in [6, 6.07) is 4.45. The summed E-state index contributed by atoms with van der Waals surface area (Å²) in [7, 11) is 1.62. The van der Waals surface area contributed by atoms with E-state index in [1.807, 2.05) is 20.8 Å². The summed E-state index contributed by atoms with van der Waals surface area (Å²) in [6.45, 7) is 6.40. The summed E-state index contributed by atoms with van der Waals surface area (Å²) in [5, 5.41) is 0.295. The maximum absolute atomic E-state index is 14.0. The van der Waals surface area contributed by atoms with Crippen molar-refractivity contribution >= 4 is 23.6 Å². The molecule has 0 spiro atoms. The standard InChI is InChI=1S/C19H26ClFN2O3/c1-19(2,3)26-18(25)23-10-6-7-13(11-23)17(24)22(4)12-14-15(20)8-5-9-16(14)21/h5,8-9,13H,6-7,10-12H2,1-4H3/t13-/m0/s1. The van der Waals surface area contributed by atoms with Gasteiger partial charge in [-0.05, 0) is 45.7 Å². The minimum absolute atomic E-state index is 0.0906. The molecule has 26 heavy (non-hydrogen) atoms. The number of hydrogen-bond donors (Lipinski definition) is 0. The SMILES string of the molecule is CN(Cc1c(F)cccc1Cl)C(=O)[C@H]1CCCN(C(=O)OC(C)(C)C)C1. The largest absolute Gasteiger partial charge is 0.444 e. The molecule has 0 bridgehead atoms. The summed E-state index contributed by atoms with van der Waals surface area (Å²) in [6.07, 6.45) is 1.01. The second kappa shape index (κ2) is 8.25. The van der Waals surface area contributed by atoms with E-state index in [0.29, 0.717) is 30.1 Å². The summed E-state index contributed by atoms with van der Waals surface area (Å²) >= 11 is 6.04. The fourth-order valence-electron chi connectivity index (χ4n) is 2.98. The van der Waals surface area contributed by atoms with Crippen molar-refractivity contribution in [1.82, 2.24) is 9.80 Å². The molecule has 1 aliphatic heterocycles. The molecule has 144 valence electrons. The fourth-order valence-corrected chi connectivity index (χ4v) is 3.20. The van der Waals surface area contributed by atoms with Gasteiger partial charge in [-0.2, -0.15) is 0 Å². The van der Waals surface area contributed by atoms with Crippen LogP contribution in [0.2, 0.25) is 5.02 Å². The Morgan fingerprint density at radius 2 is 2.08 bits per heavy atom. The van der Waals surface area contributed by atoms with Gasteiger partial charge in [0.05, 0.1) is 5.92 Å². The number of carbonyl (C=O) groups is 2. The molecule has 0 N–H and O–H groups in total. The van der Waals surface area contributed by atoms with Gasteiger partial charge in [-0.15, -0.1) is 0 Å². The van der Waals surface area contributed by atoms with Gasteiger partial charge >= 0.3 is 6.09 Å². The lowest BCUT2D eigenvalue weighted by atomic mass is 9.96. The van der Waals surface area contributed by atoms with Crippen LogP contribution in [0, 0.1) is 11.7 Å². The van der Waals surface area contributed by atoms with Crippen molar-refractivity contribution in [3.8, 4) is 0 Å². The third kappa shape index (κ3) is 5.34. The molecule has 1 atom stereocenters. The molecule has 2 amide bonds. The third-order valence-electron chi connectivity index (χ3n) is 4.26. The Bertz CT molecular complexity index is 655. The van der Waals surface area contributed by atoms with Crippen LogP contribution in [0.5, 0.6) is 0 Å². The van der Waals surface area contributed by atoms with Crippen LogP contribution in [-0.4, -0.2) is 47.5 Å². The van der Waals surface area contributed by atoms with Gasteiger partial charge in [0.25, 0.3) is 0 Å². The van der Waals surface area contributed by atoms with Crippen molar-refractivity contribution in [2.24, 2.45) is 5.92 Å². The first-order valence-corrected chi connectivity index (χ1v) is 9.12. The molecule has 0 saturated carbocycles. The number of benzene rings is 1. The highest BCUT2D eigenvalue weighted by atomic mass is 35.5. The Morgan fingerprint density at radius 1 is 1.38 bits per heavy atom. The number of rotatable bonds is 3. The number of carbonyl (C=O) groups excluding carboxylic acids is 2. The van der Waals surface area contributed by atoms with E-state index in [1.165, 1.54) is 17.0 Å². The maximum atomic E-state index is 14.0. The zero-order valence-corrected chi connectivity index (χ0v) is 16.5. The molecule has 0 aliphatic carbocycles. The normalized spacial score (nSPS) is 17.8. The predicted molar refractivity (Wildman–Crippen MR) is 98.4 cm³/mol. The molecule has 5 nitrogen and oxygen atoms in total. The van der Waals surface area contributed by atoms with Crippen molar-refractivity contribution in [3.63, 3.8) is 0 Å². The lowest BCUT2D eigenvalue weighted by Gasteiger charge is -2.35. The first-order chi connectivity index (χ1) is 12.1. The van der Waals surface area contributed by atoms with Crippen LogP contribution >= 0.6 is 11.6 Å². The zero-order chi connectivity index (χ0) is 19.5. The van der Waals surface area contributed by atoms with E-state index in [-0.39, 0.29) is 18.4 Å². The van der Waals surface area contributed by atoms with E-state index < -0.39 is 17.5 Å². The van der Waals surface area contributed by atoms with Crippen LogP contribution in [-0.2, 0) is 16.1 Å². The van der Waals surface area contributed by atoms with Crippen LogP contribution in [0.1, 0.15) is 39.2 Å². The van der Waals surface area contributed by atoms with Crippen LogP contribution < -0.4 is 0 Å². The molecule has 7 heteroatoms. The fraction of sp³-hybridized carbons (Fsp3) is 0.579. The van der Waals surface area contributed by atoms with Crippen molar-refractivity contribution in [2.75, 3.05) is 20.1 Å². The molecule has 0 radical (unpaired) electrons. The Labute approximate surface area is 159 Å². The van der Waals surface area contributed by atoms with Crippen molar-refractivity contribution in [1.29, 1.82) is 0 Å². The lowest BCUT2D eigenvalue weighted by Crippen LogP contribution is -2.47. The smallest absolute Gasteiger partial charge is 0.410 e. The number of halogens is 2. The van der Waals surface area contributed by atoms with Gasteiger partial charge in [-0.25, -0.2) is 9.18 Å². The van der Waals surface area contributed by atoms with E-state index in [9.17, 15) is 14.0 Å². The Hall–Kier alpha value is -1.82. The van der Waals surface area contributed by atoms with Gasteiger partial charge < -0.3 is 14.5 Å². The number of likely N-dealkylation sites (tertiary alicyclic amines) is 1. The van der Waals surface area contributed by atoms with Crippen LogP contribution in [0.25, 0.3) is 0 Å². The van der Waals surface area contributed by atoms with E-state index in [2.05, 4.69) is 0 Å². The van der Waals surface area contributed by atoms with E-state index in [0.717, 1.165) is 6.42 Å². The molecular formula is C19H26ClFN2O3. The number of amides is 2. The molecule has 2 rings (SSSR count). The van der Waals surface area contributed by atoms with Gasteiger partial charge in [-0.1, -0.05) is 17.7 Å². The van der Waals surface area contributed by atoms with E-state index in [4.69, 9.17) is 16.3 Å². The molecule has 1 aromatic rings. The van der Waals surface area contributed by atoms with Gasteiger partial charge in [0, 0.05) is 37.3 Å². The molecule has 0 unspecified atom stereocenters.